The van der Waals surface area contributed by atoms with Crippen LogP contribution in [-0.2, 0) is 10.2 Å². The molecule has 20 heavy (non-hydrogen) atoms. The van der Waals surface area contributed by atoms with E-state index in [9.17, 15) is 8.42 Å². The van der Waals surface area contributed by atoms with E-state index < -0.39 is 10.2 Å². The van der Waals surface area contributed by atoms with Gasteiger partial charge in [0.15, 0.2) is 11.5 Å². The van der Waals surface area contributed by atoms with Crippen molar-refractivity contribution in [1.82, 2.24) is 4.31 Å². The van der Waals surface area contributed by atoms with Crippen molar-refractivity contribution in [1.29, 1.82) is 0 Å². The molecule has 2 N–H and O–H groups in total. The van der Waals surface area contributed by atoms with E-state index in [0.29, 0.717) is 23.6 Å². The molecule has 0 amide bonds. The standard InChI is InChI=1S/C12H20N2O5S/c1-14(7-4-8-15)20(16,17)13-10-5-6-11(18-2)12(9-10)19-3/h5-6,9,13,15H,4,7-8H2,1-3H3. The predicted octanol–water partition coefficient (Wildman–Crippen LogP) is 0.675. The Kier molecular flexibility index (Phi) is 6.05. The predicted molar refractivity (Wildman–Crippen MR) is 76.4 cm³/mol. The van der Waals surface area contributed by atoms with Crippen molar-refractivity contribution in [3.63, 3.8) is 0 Å². The third-order valence-corrected chi connectivity index (χ3v) is 4.17. The zero-order chi connectivity index (χ0) is 15.2. The van der Waals surface area contributed by atoms with Crippen LogP contribution in [0.25, 0.3) is 0 Å². The number of aliphatic hydroxyl groups is 1. The monoisotopic (exact) mass is 304 g/mol. The first-order valence-electron chi connectivity index (χ1n) is 6.01. The average molecular weight is 304 g/mol. The number of anilines is 1. The molecule has 0 saturated heterocycles. The summed E-state index contributed by atoms with van der Waals surface area (Å²) in [5.41, 5.74) is 0.374. The van der Waals surface area contributed by atoms with Gasteiger partial charge < -0.3 is 14.6 Å². The highest BCUT2D eigenvalue weighted by atomic mass is 32.2. The third kappa shape index (κ3) is 4.26. The summed E-state index contributed by atoms with van der Waals surface area (Å²) in [4.78, 5) is 0. The molecule has 0 aliphatic rings. The van der Waals surface area contributed by atoms with Gasteiger partial charge in [-0.25, -0.2) is 0 Å². The Bertz CT molecular complexity index is 533. The molecule has 0 aliphatic carbocycles. The van der Waals surface area contributed by atoms with Gasteiger partial charge in [0, 0.05) is 26.3 Å². The van der Waals surface area contributed by atoms with Crippen LogP contribution < -0.4 is 14.2 Å². The molecule has 0 heterocycles. The lowest BCUT2D eigenvalue weighted by Crippen LogP contribution is -2.33. The van der Waals surface area contributed by atoms with Crippen molar-refractivity contribution in [2.45, 2.75) is 6.42 Å². The molecule has 8 heteroatoms. The van der Waals surface area contributed by atoms with Gasteiger partial charge in [0.05, 0.1) is 19.9 Å². The normalized spacial score (nSPS) is 11.4. The number of hydrogen-bond donors (Lipinski definition) is 2. The average Bonchev–Trinajstić information content (AvgIpc) is 2.43. The molecule has 0 unspecified atom stereocenters. The number of nitrogens with one attached hydrogen (secondary N) is 1. The highest BCUT2D eigenvalue weighted by molar-refractivity contribution is 7.90. The Morgan fingerprint density at radius 1 is 1.25 bits per heavy atom. The molecule has 0 aliphatic heterocycles. The van der Waals surface area contributed by atoms with Gasteiger partial charge in [-0.15, -0.1) is 0 Å². The van der Waals surface area contributed by atoms with Crippen molar-refractivity contribution in [3.8, 4) is 11.5 Å². The minimum Gasteiger partial charge on any atom is -0.493 e. The number of aliphatic hydroxyl groups excluding tert-OH is 1. The van der Waals surface area contributed by atoms with Crippen LogP contribution in [0.2, 0.25) is 0 Å². The van der Waals surface area contributed by atoms with E-state index in [2.05, 4.69) is 4.72 Å². The summed E-state index contributed by atoms with van der Waals surface area (Å²) in [5.74, 6) is 0.954. The lowest BCUT2D eigenvalue weighted by atomic mass is 10.3. The van der Waals surface area contributed by atoms with Crippen LogP contribution in [0.3, 0.4) is 0 Å². The molecule has 0 aromatic heterocycles. The number of nitrogens with zero attached hydrogens (tertiary/aromatic N) is 1. The Labute approximate surface area is 119 Å². The molecule has 1 rings (SSSR count). The molecule has 0 saturated carbocycles. The van der Waals surface area contributed by atoms with Crippen LogP contribution in [0, 0.1) is 0 Å². The summed E-state index contributed by atoms with van der Waals surface area (Å²) in [6.07, 6.45) is 0.378. The molecule has 0 atom stereocenters. The van der Waals surface area contributed by atoms with Crippen molar-refractivity contribution in [3.05, 3.63) is 18.2 Å². The van der Waals surface area contributed by atoms with E-state index in [1.165, 1.54) is 27.3 Å². The van der Waals surface area contributed by atoms with Gasteiger partial charge in [0.25, 0.3) is 0 Å². The van der Waals surface area contributed by atoms with Crippen LogP contribution in [-0.4, -0.2) is 52.2 Å². The molecule has 1 aromatic carbocycles. The molecule has 114 valence electrons. The van der Waals surface area contributed by atoms with E-state index in [1.807, 2.05) is 0 Å². The second-order valence-electron chi connectivity index (χ2n) is 4.08. The zero-order valence-corrected chi connectivity index (χ0v) is 12.6. The van der Waals surface area contributed by atoms with E-state index in [4.69, 9.17) is 14.6 Å². The van der Waals surface area contributed by atoms with Crippen molar-refractivity contribution < 1.29 is 23.0 Å². The number of ether oxygens (including phenoxy) is 2. The van der Waals surface area contributed by atoms with Crippen molar-refractivity contribution in [2.24, 2.45) is 0 Å². The fourth-order valence-corrected chi connectivity index (χ4v) is 2.49. The topological polar surface area (TPSA) is 88.1 Å². The van der Waals surface area contributed by atoms with Gasteiger partial charge >= 0.3 is 10.2 Å². The highest BCUT2D eigenvalue weighted by Crippen LogP contribution is 2.30. The SMILES string of the molecule is COc1ccc(NS(=O)(=O)N(C)CCCO)cc1OC. The van der Waals surface area contributed by atoms with E-state index in [-0.39, 0.29) is 13.2 Å². The third-order valence-electron chi connectivity index (χ3n) is 2.67. The molecule has 0 fully saturated rings. The summed E-state index contributed by atoms with van der Waals surface area (Å²) in [6, 6.07) is 4.74. The summed E-state index contributed by atoms with van der Waals surface area (Å²) >= 11 is 0. The van der Waals surface area contributed by atoms with Crippen LogP contribution in [0.4, 0.5) is 5.69 Å². The highest BCUT2D eigenvalue weighted by Gasteiger charge is 2.17. The summed E-state index contributed by atoms with van der Waals surface area (Å²) in [6.45, 7) is 0.176. The van der Waals surface area contributed by atoms with Crippen LogP contribution in [0.1, 0.15) is 6.42 Å². The molecule has 7 nitrogen and oxygen atoms in total. The van der Waals surface area contributed by atoms with E-state index in [0.717, 1.165) is 4.31 Å². The minimum atomic E-state index is -3.65. The molecular formula is C12H20N2O5S. The smallest absolute Gasteiger partial charge is 0.301 e. The maximum absolute atomic E-state index is 12.0. The second kappa shape index (κ2) is 7.32. The van der Waals surface area contributed by atoms with E-state index >= 15 is 0 Å². The Hall–Kier alpha value is -1.51. The maximum Gasteiger partial charge on any atom is 0.301 e. The second-order valence-corrected chi connectivity index (χ2v) is 5.85. The lowest BCUT2D eigenvalue weighted by molar-refractivity contribution is 0.276. The first kappa shape index (κ1) is 16.5. The van der Waals surface area contributed by atoms with Crippen LogP contribution in [0.15, 0.2) is 18.2 Å². The summed E-state index contributed by atoms with van der Waals surface area (Å²) in [5, 5.41) is 8.72. The number of methoxy groups -OCH3 is 2. The fraction of sp³-hybridized carbons (Fsp3) is 0.500. The Balaban J connectivity index is 2.87. The van der Waals surface area contributed by atoms with Gasteiger partial charge in [0.1, 0.15) is 0 Å². The quantitative estimate of drug-likeness (QED) is 0.737. The number of benzene rings is 1. The first-order valence-corrected chi connectivity index (χ1v) is 7.45. The maximum atomic E-state index is 12.0. The molecule has 1 aromatic rings. The van der Waals surface area contributed by atoms with Gasteiger partial charge in [-0.05, 0) is 18.6 Å². The first-order chi connectivity index (χ1) is 9.44. The summed E-state index contributed by atoms with van der Waals surface area (Å²) < 4.78 is 37.8. The van der Waals surface area contributed by atoms with Gasteiger partial charge in [0.2, 0.25) is 0 Å². The van der Waals surface area contributed by atoms with E-state index in [1.54, 1.807) is 12.1 Å². The van der Waals surface area contributed by atoms with Gasteiger partial charge in [-0.3, -0.25) is 4.72 Å². The number of rotatable bonds is 8. The Morgan fingerprint density at radius 3 is 2.45 bits per heavy atom. The Morgan fingerprint density at radius 2 is 1.90 bits per heavy atom. The van der Waals surface area contributed by atoms with Gasteiger partial charge in [-0.2, -0.15) is 12.7 Å². The lowest BCUT2D eigenvalue weighted by Gasteiger charge is -2.18. The summed E-state index contributed by atoms with van der Waals surface area (Å²) in [7, 11) is 0.769. The van der Waals surface area contributed by atoms with Crippen molar-refractivity contribution in [2.75, 3.05) is 39.1 Å². The minimum absolute atomic E-state index is 0.0593. The van der Waals surface area contributed by atoms with Crippen LogP contribution in [0.5, 0.6) is 11.5 Å². The fourth-order valence-electron chi connectivity index (χ4n) is 1.54. The molecular weight excluding hydrogens is 284 g/mol. The number of hydrogen-bond acceptors (Lipinski definition) is 5. The zero-order valence-electron chi connectivity index (χ0n) is 11.8. The largest absolute Gasteiger partial charge is 0.493 e. The molecule has 0 radical (unpaired) electrons. The van der Waals surface area contributed by atoms with Crippen LogP contribution >= 0.6 is 0 Å². The molecule has 0 spiro atoms. The van der Waals surface area contributed by atoms with Crippen molar-refractivity contribution >= 4 is 15.9 Å². The molecule has 0 bridgehead atoms. The van der Waals surface area contributed by atoms with Gasteiger partial charge in [-0.1, -0.05) is 0 Å².